The minimum atomic E-state index is -3.26. The summed E-state index contributed by atoms with van der Waals surface area (Å²) in [4.78, 5) is 15.0. The van der Waals surface area contributed by atoms with Crippen LogP contribution in [0.4, 0.5) is 0 Å². The molecule has 23 heavy (non-hydrogen) atoms. The van der Waals surface area contributed by atoms with Gasteiger partial charge in [0.1, 0.15) is 0 Å². The lowest BCUT2D eigenvalue weighted by molar-refractivity contribution is 0.0557. The summed E-state index contributed by atoms with van der Waals surface area (Å²) in [6.45, 7) is 2.18. The smallest absolute Gasteiger partial charge is 0.254 e. The van der Waals surface area contributed by atoms with Crippen LogP contribution in [0.1, 0.15) is 43.0 Å². The molecule has 2 saturated heterocycles. The number of aliphatic hydroxyl groups excluding tert-OH is 1. The van der Waals surface area contributed by atoms with Crippen LogP contribution in [0.3, 0.4) is 0 Å². The number of carbonyl (C=O) groups excluding carboxylic acids is 1. The van der Waals surface area contributed by atoms with E-state index in [1.165, 1.54) is 12.1 Å². The lowest BCUT2D eigenvalue weighted by Crippen LogP contribution is -2.42. The zero-order chi connectivity index (χ0) is 16.8. The maximum atomic E-state index is 12.9. The van der Waals surface area contributed by atoms with Gasteiger partial charge in [0, 0.05) is 29.3 Å². The molecule has 1 aromatic carbocycles. The van der Waals surface area contributed by atoms with E-state index in [0.717, 1.165) is 31.9 Å². The van der Waals surface area contributed by atoms with Crippen LogP contribution in [0.25, 0.3) is 0 Å². The number of rotatable bonds is 4. The normalized spacial score (nSPS) is 30.0. The van der Waals surface area contributed by atoms with Gasteiger partial charge < -0.3 is 10.0 Å². The number of aliphatic hydroxyl groups is 1. The number of hydrogen-bond acceptors (Lipinski definition) is 4. The van der Waals surface area contributed by atoms with Crippen LogP contribution < -0.4 is 0 Å². The molecule has 6 heteroatoms. The molecule has 1 N–H and O–H groups in total. The van der Waals surface area contributed by atoms with Crippen molar-refractivity contribution in [3.05, 3.63) is 29.8 Å². The van der Waals surface area contributed by atoms with Gasteiger partial charge in [-0.15, -0.1) is 0 Å². The van der Waals surface area contributed by atoms with Crippen LogP contribution in [0, 0.1) is 5.41 Å². The zero-order valence-corrected chi connectivity index (χ0v) is 14.3. The largest absolute Gasteiger partial charge is 0.396 e. The van der Waals surface area contributed by atoms with Crippen LogP contribution in [-0.2, 0) is 9.84 Å². The lowest BCUT2D eigenvalue weighted by atomic mass is 9.72. The maximum Gasteiger partial charge on any atom is 0.254 e. The lowest BCUT2D eigenvalue weighted by Gasteiger charge is -2.34. The minimum Gasteiger partial charge on any atom is -0.396 e. The molecule has 126 valence electrons. The second kappa shape index (κ2) is 5.60. The van der Waals surface area contributed by atoms with Crippen molar-refractivity contribution in [2.75, 3.05) is 12.9 Å². The van der Waals surface area contributed by atoms with Crippen molar-refractivity contribution >= 4 is 15.7 Å². The van der Waals surface area contributed by atoms with Gasteiger partial charge in [0.05, 0.1) is 11.5 Å². The van der Waals surface area contributed by atoms with E-state index in [1.807, 2.05) is 4.90 Å². The van der Waals surface area contributed by atoms with Crippen molar-refractivity contribution in [3.8, 4) is 0 Å². The Morgan fingerprint density at radius 2 is 1.96 bits per heavy atom. The minimum absolute atomic E-state index is 0.0543. The van der Waals surface area contributed by atoms with Gasteiger partial charge >= 0.3 is 0 Å². The molecule has 2 aliphatic rings. The standard InChI is InChI=1S/C17H23NO4S/c1-3-17(11-19)10-13-6-9-15(17)18(13)16(20)12-4-7-14(8-5-12)23(2,21)22/h4-5,7-8,13,15,19H,3,6,9-11H2,1-2H3/t13-,15+,17-/m1/s1. The summed E-state index contributed by atoms with van der Waals surface area (Å²) in [6, 6.07) is 6.42. The number of nitrogens with zero attached hydrogens (tertiary/aromatic N) is 1. The summed E-state index contributed by atoms with van der Waals surface area (Å²) >= 11 is 0. The first-order valence-electron chi connectivity index (χ1n) is 8.06. The summed E-state index contributed by atoms with van der Waals surface area (Å²) in [5, 5.41) is 9.83. The molecule has 2 aliphatic heterocycles. The highest BCUT2D eigenvalue weighted by Gasteiger charge is 2.56. The van der Waals surface area contributed by atoms with Crippen LogP contribution in [-0.4, -0.2) is 49.3 Å². The monoisotopic (exact) mass is 337 g/mol. The number of benzene rings is 1. The van der Waals surface area contributed by atoms with E-state index in [9.17, 15) is 18.3 Å². The third-order valence-corrected chi connectivity index (χ3v) is 6.76. The summed E-state index contributed by atoms with van der Waals surface area (Å²) in [6.07, 6.45) is 4.80. The highest BCUT2D eigenvalue weighted by Crippen LogP contribution is 2.51. The number of hydrogen-bond donors (Lipinski definition) is 1. The van der Waals surface area contributed by atoms with E-state index in [4.69, 9.17) is 0 Å². The predicted octanol–water partition coefficient (Wildman–Crippen LogP) is 1.86. The third kappa shape index (κ3) is 2.58. The van der Waals surface area contributed by atoms with Crippen molar-refractivity contribution in [1.29, 1.82) is 0 Å². The molecule has 0 spiro atoms. The first-order valence-corrected chi connectivity index (χ1v) is 9.95. The summed E-state index contributed by atoms with van der Waals surface area (Å²) in [7, 11) is -3.26. The highest BCUT2D eigenvalue weighted by atomic mass is 32.2. The Morgan fingerprint density at radius 3 is 2.43 bits per heavy atom. The zero-order valence-electron chi connectivity index (χ0n) is 13.5. The molecule has 0 radical (unpaired) electrons. The van der Waals surface area contributed by atoms with Gasteiger partial charge in [-0.3, -0.25) is 4.79 Å². The van der Waals surface area contributed by atoms with Gasteiger partial charge in [-0.05, 0) is 49.9 Å². The average molecular weight is 337 g/mol. The first-order chi connectivity index (χ1) is 10.8. The van der Waals surface area contributed by atoms with E-state index in [2.05, 4.69) is 6.92 Å². The molecule has 5 nitrogen and oxygen atoms in total. The van der Waals surface area contributed by atoms with Gasteiger partial charge in [-0.1, -0.05) is 6.92 Å². The molecular formula is C17H23NO4S. The fraction of sp³-hybridized carbons (Fsp3) is 0.588. The molecule has 0 saturated carbocycles. The second-order valence-electron chi connectivity index (χ2n) is 6.83. The fourth-order valence-corrected chi connectivity index (χ4v) is 4.88. The van der Waals surface area contributed by atoms with Gasteiger partial charge in [0.2, 0.25) is 0 Å². The van der Waals surface area contributed by atoms with Crippen LogP contribution in [0.2, 0.25) is 0 Å². The maximum absolute atomic E-state index is 12.9. The van der Waals surface area contributed by atoms with E-state index in [-0.39, 0.29) is 34.9 Å². The fourth-order valence-electron chi connectivity index (χ4n) is 4.25. The van der Waals surface area contributed by atoms with Gasteiger partial charge in [0.15, 0.2) is 9.84 Å². The number of amides is 1. The summed E-state index contributed by atoms with van der Waals surface area (Å²) in [5.41, 5.74) is 0.338. The molecule has 0 aromatic heterocycles. The Labute approximate surface area is 137 Å². The third-order valence-electron chi connectivity index (χ3n) is 5.63. The summed E-state index contributed by atoms with van der Waals surface area (Å²) < 4.78 is 23.0. The quantitative estimate of drug-likeness (QED) is 0.910. The highest BCUT2D eigenvalue weighted by molar-refractivity contribution is 7.90. The molecule has 0 unspecified atom stereocenters. The van der Waals surface area contributed by atoms with Crippen LogP contribution >= 0.6 is 0 Å². The number of fused-ring (bicyclic) bond motifs is 2. The van der Waals surface area contributed by atoms with E-state index in [0.29, 0.717) is 5.56 Å². The van der Waals surface area contributed by atoms with Crippen molar-refractivity contribution in [2.45, 2.75) is 49.6 Å². The van der Waals surface area contributed by atoms with Gasteiger partial charge in [-0.25, -0.2) is 8.42 Å². The van der Waals surface area contributed by atoms with Gasteiger partial charge in [0.25, 0.3) is 5.91 Å². The molecule has 2 bridgehead atoms. The predicted molar refractivity (Wildman–Crippen MR) is 87.0 cm³/mol. The van der Waals surface area contributed by atoms with Crippen molar-refractivity contribution in [2.24, 2.45) is 5.41 Å². The van der Waals surface area contributed by atoms with Crippen molar-refractivity contribution in [3.63, 3.8) is 0 Å². The van der Waals surface area contributed by atoms with Gasteiger partial charge in [-0.2, -0.15) is 0 Å². The molecule has 2 fully saturated rings. The van der Waals surface area contributed by atoms with E-state index in [1.54, 1.807) is 12.1 Å². The van der Waals surface area contributed by atoms with Crippen molar-refractivity contribution < 1.29 is 18.3 Å². The SMILES string of the molecule is CC[C@]1(CO)C[C@H]2CC[C@@H]1N2C(=O)c1ccc(S(C)(=O)=O)cc1. The topological polar surface area (TPSA) is 74.7 Å². The molecule has 2 heterocycles. The molecule has 1 aromatic rings. The second-order valence-corrected chi connectivity index (χ2v) is 8.85. The molecule has 3 atom stereocenters. The Kier molecular flexibility index (Phi) is 4.01. The Morgan fingerprint density at radius 1 is 1.30 bits per heavy atom. The Balaban J connectivity index is 1.87. The van der Waals surface area contributed by atoms with Crippen LogP contribution in [0.15, 0.2) is 29.2 Å². The van der Waals surface area contributed by atoms with E-state index >= 15 is 0 Å². The first kappa shape index (κ1) is 16.5. The molecule has 1 amide bonds. The molecule has 0 aliphatic carbocycles. The number of sulfone groups is 1. The summed E-state index contributed by atoms with van der Waals surface area (Å²) in [5.74, 6) is -0.0543. The van der Waals surface area contributed by atoms with E-state index < -0.39 is 9.84 Å². The van der Waals surface area contributed by atoms with Crippen LogP contribution in [0.5, 0.6) is 0 Å². The average Bonchev–Trinajstić information content (AvgIpc) is 3.09. The Hall–Kier alpha value is -1.40. The Bertz CT molecular complexity index is 707. The number of carbonyl (C=O) groups is 1. The molecule has 3 rings (SSSR count). The molecular weight excluding hydrogens is 314 g/mol. The van der Waals surface area contributed by atoms with Crippen molar-refractivity contribution in [1.82, 2.24) is 4.90 Å².